The van der Waals surface area contributed by atoms with Crippen LogP contribution in [0.1, 0.15) is 4.88 Å². The van der Waals surface area contributed by atoms with Gasteiger partial charge in [-0.2, -0.15) is 0 Å². The van der Waals surface area contributed by atoms with Gasteiger partial charge in [-0.1, -0.05) is 6.07 Å². The zero-order chi connectivity index (χ0) is 14.9. The summed E-state index contributed by atoms with van der Waals surface area (Å²) in [5, 5.41) is 4.32. The Kier molecular flexibility index (Phi) is 3.27. The van der Waals surface area contributed by atoms with Crippen LogP contribution in [0.25, 0.3) is 22.0 Å². The summed E-state index contributed by atoms with van der Waals surface area (Å²) in [5.41, 5.74) is 4.07. The van der Waals surface area contributed by atoms with Crippen molar-refractivity contribution in [2.75, 3.05) is 18.5 Å². The summed E-state index contributed by atoms with van der Waals surface area (Å²) < 4.78 is 5.63. The summed E-state index contributed by atoms with van der Waals surface area (Å²) in [4.78, 5) is 10.4. The Morgan fingerprint density at radius 3 is 3.05 bits per heavy atom. The van der Waals surface area contributed by atoms with Crippen molar-refractivity contribution in [3.8, 4) is 27.7 Å². The van der Waals surface area contributed by atoms with Crippen LogP contribution in [0.4, 0.5) is 5.69 Å². The van der Waals surface area contributed by atoms with Gasteiger partial charge in [-0.3, -0.25) is 4.98 Å². The Hall–Kier alpha value is -2.40. The molecule has 3 aromatic rings. The highest BCUT2D eigenvalue weighted by Crippen LogP contribution is 2.36. The summed E-state index contributed by atoms with van der Waals surface area (Å²) in [6, 6.07) is 12.1. The van der Waals surface area contributed by atoms with Gasteiger partial charge in [0.05, 0.1) is 17.1 Å². The highest BCUT2D eigenvalue weighted by Gasteiger charge is 2.15. The molecule has 4 nitrogen and oxygen atoms in total. The molecule has 0 spiro atoms. The molecule has 5 heteroatoms. The molecule has 4 rings (SSSR count). The molecule has 0 saturated carbocycles. The fourth-order valence-corrected chi connectivity index (χ4v) is 3.46. The van der Waals surface area contributed by atoms with E-state index >= 15 is 0 Å². The predicted molar refractivity (Wildman–Crippen MR) is 89.5 cm³/mol. The zero-order valence-electron chi connectivity index (χ0n) is 12.2. The summed E-state index contributed by atoms with van der Waals surface area (Å²) in [7, 11) is 0. The van der Waals surface area contributed by atoms with Gasteiger partial charge < -0.3 is 10.1 Å². The number of fused-ring (bicyclic) bond motifs is 1. The van der Waals surface area contributed by atoms with Gasteiger partial charge in [-0.15, -0.1) is 11.3 Å². The molecule has 0 aliphatic carbocycles. The maximum absolute atomic E-state index is 5.63. The van der Waals surface area contributed by atoms with Gasteiger partial charge in [0.1, 0.15) is 17.4 Å². The molecule has 22 heavy (non-hydrogen) atoms. The quantitative estimate of drug-likeness (QED) is 0.777. The molecule has 2 aromatic heterocycles. The molecule has 0 unspecified atom stereocenters. The van der Waals surface area contributed by atoms with Crippen molar-refractivity contribution in [3.05, 3.63) is 47.5 Å². The number of pyridine rings is 1. The number of nitrogens with zero attached hydrogens (tertiary/aromatic N) is 2. The van der Waals surface area contributed by atoms with Gasteiger partial charge in [0, 0.05) is 23.2 Å². The second-order valence-electron chi connectivity index (χ2n) is 5.12. The number of benzene rings is 1. The van der Waals surface area contributed by atoms with Crippen molar-refractivity contribution in [1.29, 1.82) is 0 Å². The summed E-state index contributed by atoms with van der Waals surface area (Å²) in [5.74, 6) is 0.910. The van der Waals surface area contributed by atoms with Crippen LogP contribution in [0, 0.1) is 6.92 Å². The highest BCUT2D eigenvalue weighted by atomic mass is 32.1. The van der Waals surface area contributed by atoms with Gasteiger partial charge in [0.2, 0.25) is 0 Å². The third kappa shape index (κ3) is 2.33. The van der Waals surface area contributed by atoms with E-state index in [9.17, 15) is 0 Å². The standard InChI is InChI=1S/C17H15N3OS/c1-11-16(20-17(22-11)13-4-2-3-7-18-13)12-5-6-15-14(10-12)19-8-9-21-15/h2-7,10,19H,8-9H2,1H3. The third-order valence-electron chi connectivity index (χ3n) is 3.61. The molecule has 0 radical (unpaired) electrons. The maximum Gasteiger partial charge on any atom is 0.142 e. The second-order valence-corrected chi connectivity index (χ2v) is 6.33. The van der Waals surface area contributed by atoms with E-state index in [4.69, 9.17) is 9.72 Å². The number of hydrogen-bond acceptors (Lipinski definition) is 5. The van der Waals surface area contributed by atoms with E-state index < -0.39 is 0 Å². The van der Waals surface area contributed by atoms with E-state index in [2.05, 4.69) is 29.4 Å². The number of hydrogen-bond donors (Lipinski definition) is 1. The topological polar surface area (TPSA) is 47.0 Å². The highest BCUT2D eigenvalue weighted by molar-refractivity contribution is 7.15. The first-order valence-electron chi connectivity index (χ1n) is 7.21. The molecular weight excluding hydrogens is 294 g/mol. The minimum Gasteiger partial charge on any atom is -0.490 e. The maximum atomic E-state index is 5.63. The number of anilines is 1. The molecule has 0 fully saturated rings. The number of aromatic nitrogens is 2. The molecule has 0 atom stereocenters. The number of ether oxygens (including phenoxy) is 1. The fraction of sp³-hybridized carbons (Fsp3) is 0.176. The average Bonchev–Trinajstić information content (AvgIpc) is 2.97. The summed E-state index contributed by atoms with van der Waals surface area (Å²) in [6.45, 7) is 3.65. The lowest BCUT2D eigenvalue weighted by molar-refractivity contribution is 0.323. The normalized spacial score (nSPS) is 13.1. The van der Waals surface area contributed by atoms with Crippen LogP contribution >= 0.6 is 11.3 Å². The second kappa shape index (κ2) is 5.42. The van der Waals surface area contributed by atoms with Crippen LogP contribution in [0.2, 0.25) is 0 Å². The number of nitrogens with one attached hydrogen (secondary N) is 1. The van der Waals surface area contributed by atoms with Crippen LogP contribution in [-0.4, -0.2) is 23.1 Å². The van der Waals surface area contributed by atoms with Crippen LogP contribution in [-0.2, 0) is 0 Å². The van der Waals surface area contributed by atoms with Gasteiger partial charge in [0.25, 0.3) is 0 Å². The monoisotopic (exact) mass is 309 g/mol. The van der Waals surface area contributed by atoms with Crippen molar-refractivity contribution in [3.63, 3.8) is 0 Å². The Morgan fingerprint density at radius 2 is 2.18 bits per heavy atom. The fourth-order valence-electron chi connectivity index (χ4n) is 2.55. The Bertz CT molecular complexity index is 814. The molecule has 3 heterocycles. The summed E-state index contributed by atoms with van der Waals surface area (Å²) in [6.07, 6.45) is 1.80. The third-order valence-corrected chi connectivity index (χ3v) is 4.60. The lowest BCUT2D eigenvalue weighted by Crippen LogP contribution is -2.17. The minimum atomic E-state index is 0.714. The van der Waals surface area contributed by atoms with Crippen molar-refractivity contribution >= 4 is 17.0 Å². The SMILES string of the molecule is Cc1sc(-c2ccccn2)nc1-c1ccc2c(c1)NCCO2. The van der Waals surface area contributed by atoms with E-state index in [0.717, 1.165) is 39.9 Å². The smallest absolute Gasteiger partial charge is 0.142 e. The van der Waals surface area contributed by atoms with Crippen molar-refractivity contribution in [2.45, 2.75) is 6.92 Å². The zero-order valence-corrected chi connectivity index (χ0v) is 13.0. The Morgan fingerprint density at radius 1 is 1.23 bits per heavy atom. The minimum absolute atomic E-state index is 0.714. The molecule has 1 N–H and O–H groups in total. The largest absolute Gasteiger partial charge is 0.490 e. The molecular formula is C17H15N3OS. The Labute approximate surface area is 132 Å². The summed E-state index contributed by atoms with van der Waals surface area (Å²) >= 11 is 1.67. The van der Waals surface area contributed by atoms with Gasteiger partial charge in [-0.25, -0.2) is 4.98 Å². The van der Waals surface area contributed by atoms with Crippen LogP contribution < -0.4 is 10.1 Å². The van der Waals surface area contributed by atoms with E-state index in [-0.39, 0.29) is 0 Å². The van der Waals surface area contributed by atoms with Gasteiger partial charge >= 0.3 is 0 Å². The van der Waals surface area contributed by atoms with Gasteiger partial charge in [0.15, 0.2) is 0 Å². The number of rotatable bonds is 2. The number of aryl methyl sites for hydroxylation is 1. The molecule has 110 valence electrons. The van der Waals surface area contributed by atoms with Crippen molar-refractivity contribution in [2.24, 2.45) is 0 Å². The van der Waals surface area contributed by atoms with Gasteiger partial charge in [-0.05, 0) is 37.3 Å². The van der Waals surface area contributed by atoms with Crippen LogP contribution in [0.15, 0.2) is 42.6 Å². The Balaban J connectivity index is 1.75. The number of thiazole rings is 1. The molecule has 0 saturated heterocycles. The van der Waals surface area contributed by atoms with Crippen molar-refractivity contribution in [1.82, 2.24) is 9.97 Å². The first-order chi connectivity index (χ1) is 10.8. The van der Waals surface area contributed by atoms with Crippen molar-refractivity contribution < 1.29 is 4.74 Å². The first-order valence-corrected chi connectivity index (χ1v) is 8.03. The predicted octanol–water partition coefficient (Wildman–Crippen LogP) is 3.98. The lowest BCUT2D eigenvalue weighted by atomic mass is 10.1. The van der Waals surface area contributed by atoms with E-state index in [1.54, 1.807) is 17.5 Å². The molecule has 0 bridgehead atoms. The van der Waals surface area contributed by atoms with E-state index in [1.807, 2.05) is 24.3 Å². The molecule has 1 aromatic carbocycles. The van der Waals surface area contributed by atoms with E-state index in [0.29, 0.717) is 6.61 Å². The molecule has 1 aliphatic rings. The van der Waals surface area contributed by atoms with Crippen LogP contribution in [0.5, 0.6) is 5.75 Å². The molecule has 0 amide bonds. The average molecular weight is 309 g/mol. The van der Waals surface area contributed by atoms with E-state index in [1.165, 1.54) is 4.88 Å². The molecule has 1 aliphatic heterocycles. The lowest BCUT2D eigenvalue weighted by Gasteiger charge is -2.19. The first kappa shape index (κ1) is 13.3. The van der Waals surface area contributed by atoms with Crippen LogP contribution in [0.3, 0.4) is 0 Å².